The standard InChI is InChI=1S/C27H26FN7/c1-18(19(2)31-20(3)24-7-5-6-15-30-24)14-16-35-26(29)13-12-25(32-35)23-17-34(4)33-27(23)21-8-10-22(28)11-9-21/h5-17,29H,1-4H3/b16-14+,19-18+,29-26?,31-20+. The maximum Gasteiger partial charge on any atom is 0.146 e. The van der Waals surface area contributed by atoms with Crippen molar-refractivity contribution in [2.24, 2.45) is 12.0 Å². The van der Waals surface area contributed by atoms with Crippen LogP contribution in [0.3, 0.4) is 0 Å². The summed E-state index contributed by atoms with van der Waals surface area (Å²) in [7, 11) is 1.83. The molecule has 0 saturated heterocycles. The second-order valence-corrected chi connectivity index (χ2v) is 8.12. The molecule has 1 aromatic carbocycles. The Morgan fingerprint density at radius 3 is 2.49 bits per heavy atom. The molecule has 3 aromatic heterocycles. The lowest BCUT2D eigenvalue weighted by molar-refractivity contribution is 0.628. The lowest BCUT2D eigenvalue weighted by atomic mass is 10.1. The second kappa shape index (κ2) is 10.2. The number of nitrogens with one attached hydrogen (secondary N) is 1. The fraction of sp³-hybridized carbons (Fsp3) is 0.148. The van der Waals surface area contributed by atoms with E-state index in [0.29, 0.717) is 11.4 Å². The Hall–Kier alpha value is -4.46. The van der Waals surface area contributed by atoms with Crippen molar-refractivity contribution in [3.05, 3.63) is 101 Å². The van der Waals surface area contributed by atoms with Gasteiger partial charge in [0.25, 0.3) is 0 Å². The lowest BCUT2D eigenvalue weighted by Crippen LogP contribution is -2.17. The van der Waals surface area contributed by atoms with Crippen molar-refractivity contribution >= 4 is 11.9 Å². The maximum atomic E-state index is 13.4. The van der Waals surface area contributed by atoms with Gasteiger partial charge in [-0.1, -0.05) is 6.07 Å². The molecule has 1 N–H and O–H groups in total. The number of halogens is 1. The molecule has 7 nitrogen and oxygen atoms in total. The molecule has 0 aliphatic carbocycles. The highest BCUT2D eigenvalue weighted by Crippen LogP contribution is 2.29. The van der Waals surface area contributed by atoms with Crippen molar-refractivity contribution in [2.45, 2.75) is 20.8 Å². The van der Waals surface area contributed by atoms with Crippen LogP contribution in [-0.4, -0.2) is 30.3 Å². The lowest BCUT2D eigenvalue weighted by Gasteiger charge is -2.06. The van der Waals surface area contributed by atoms with Gasteiger partial charge < -0.3 is 0 Å². The number of aryl methyl sites for hydroxylation is 1. The molecule has 0 atom stereocenters. The fourth-order valence-electron chi connectivity index (χ4n) is 3.47. The second-order valence-electron chi connectivity index (χ2n) is 8.12. The molecule has 0 fully saturated rings. The Bertz CT molecular complexity index is 1490. The van der Waals surface area contributed by atoms with E-state index < -0.39 is 0 Å². The molecule has 0 spiro atoms. The monoisotopic (exact) mass is 467 g/mol. The first-order valence-electron chi connectivity index (χ1n) is 11.1. The van der Waals surface area contributed by atoms with Gasteiger partial charge in [0.15, 0.2) is 0 Å². The summed E-state index contributed by atoms with van der Waals surface area (Å²) < 4.78 is 16.6. The van der Waals surface area contributed by atoms with E-state index in [0.717, 1.165) is 33.8 Å². The molecule has 0 unspecified atom stereocenters. The van der Waals surface area contributed by atoms with Gasteiger partial charge in [0.05, 0.1) is 17.1 Å². The van der Waals surface area contributed by atoms with Crippen LogP contribution in [0, 0.1) is 11.2 Å². The normalized spacial score (nSPS) is 12.8. The number of aliphatic imine (C=N–C) groups is 1. The minimum absolute atomic E-state index is 0.232. The van der Waals surface area contributed by atoms with Gasteiger partial charge in [-0.15, -0.1) is 0 Å². The van der Waals surface area contributed by atoms with Crippen LogP contribution in [-0.2, 0) is 7.05 Å². The Kier molecular flexibility index (Phi) is 6.91. The number of hydrogen-bond donors (Lipinski definition) is 1. The van der Waals surface area contributed by atoms with E-state index in [1.807, 2.05) is 58.3 Å². The fourth-order valence-corrected chi connectivity index (χ4v) is 3.47. The van der Waals surface area contributed by atoms with Crippen molar-refractivity contribution in [1.82, 2.24) is 24.5 Å². The van der Waals surface area contributed by atoms with E-state index in [2.05, 4.69) is 20.2 Å². The zero-order valence-corrected chi connectivity index (χ0v) is 20.1. The Labute approximate surface area is 203 Å². The summed E-state index contributed by atoms with van der Waals surface area (Å²) in [5, 5.41) is 17.5. The zero-order chi connectivity index (χ0) is 24.9. The SMILES string of the molecule is C\C(=N/C(C)=C(C)/C=C/n1nc(-c2cn(C)nc2-c2ccc(F)cc2)ccc1=N)c1ccccn1. The van der Waals surface area contributed by atoms with E-state index in [-0.39, 0.29) is 11.3 Å². The van der Waals surface area contributed by atoms with Gasteiger partial charge in [0.1, 0.15) is 17.0 Å². The highest BCUT2D eigenvalue weighted by molar-refractivity contribution is 5.97. The molecule has 0 aliphatic rings. The summed E-state index contributed by atoms with van der Waals surface area (Å²) in [6, 6.07) is 15.4. The number of hydrogen-bond acceptors (Lipinski definition) is 5. The summed E-state index contributed by atoms with van der Waals surface area (Å²) in [5.74, 6) is -0.302. The van der Waals surface area contributed by atoms with Crippen LogP contribution < -0.4 is 5.49 Å². The first kappa shape index (κ1) is 23.7. The van der Waals surface area contributed by atoms with E-state index in [1.165, 1.54) is 16.8 Å². The summed E-state index contributed by atoms with van der Waals surface area (Å²) in [4.78, 5) is 9.00. The minimum atomic E-state index is -0.302. The highest BCUT2D eigenvalue weighted by Gasteiger charge is 2.14. The van der Waals surface area contributed by atoms with Gasteiger partial charge in [0, 0.05) is 42.5 Å². The summed E-state index contributed by atoms with van der Waals surface area (Å²) >= 11 is 0. The number of allylic oxidation sites excluding steroid dienone is 3. The van der Waals surface area contributed by atoms with Crippen LogP contribution >= 0.6 is 0 Å². The third-order valence-electron chi connectivity index (χ3n) is 5.49. The molecule has 0 aliphatic heterocycles. The molecule has 0 radical (unpaired) electrons. The number of nitrogens with zero attached hydrogens (tertiary/aromatic N) is 6. The molecular weight excluding hydrogens is 441 g/mol. The number of rotatable bonds is 6. The number of benzene rings is 1. The third kappa shape index (κ3) is 5.55. The van der Waals surface area contributed by atoms with Crippen molar-refractivity contribution in [3.8, 4) is 22.5 Å². The maximum absolute atomic E-state index is 13.4. The summed E-state index contributed by atoms with van der Waals surface area (Å²) in [6.07, 6.45) is 7.23. The van der Waals surface area contributed by atoms with Crippen molar-refractivity contribution < 1.29 is 4.39 Å². The molecule has 35 heavy (non-hydrogen) atoms. The van der Waals surface area contributed by atoms with Gasteiger partial charge in [-0.2, -0.15) is 10.2 Å². The number of pyridine rings is 1. The van der Waals surface area contributed by atoms with Crippen LogP contribution in [0.5, 0.6) is 0 Å². The molecular formula is C27H26FN7. The van der Waals surface area contributed by atoms with Crippen LogP contribution in [0.25, 0.3) is 28.7 Å². The minimum Gasteiger partial charge on any atom is -0.283 e. The van der Waals surface area contributed by atoms with Gasteiger partial charge in [-0.05, 0) is 81.0 Å². The van der Waals surface area contributed by atoms with Gasteiger partial charge in [0.2, 0.25) is 0 Å². The van der Waals surface area contributed by atoms with Gasteiger partial charge in [-0.3, -0.25) is 20.1 Å². The van der Waals surface area contributed by atoms with Gasteiger partial charge >= 0.3 is 0 Å². The average Bonchev–Trinajstić information content (AvgIpc) is 3.25. The quantitative estimate of drug-likeness (QED) is 0.311. The smallest absolute Gasteiger partial charge is 0.146 e. The molecule has 3 heterocycles. The van der Waals surface area contributed by atoms with E-state index in [1.54, 1.807) is 41.3 Å². The molecule has 4 rings (SSSR count). The van der Waals surface area contributed by atoms with E-state index in [9.17, 15) is 4.39 Å². The van der Waals surface area contributed by atoms with Crippen molar-refractivity contribution in [3.63, 3.8) is 0 Å². The number of aromatic nitrogens is 5. The predicted molar refractivity (Wildman–Crippen MR) is 136 cm³/mol. The largest absolute Gasteiger partial charge is 0.283 e. The zero-order valence-electron chi connectivity index (χ0n) is 20.1. The molecule has 4 aromatic rings. The Morgan fingerprint density at radius 1 is 1.00 bits per heavy atom. The molecule has 0 saturated carbocycles. The predicted octanol–water partition coefficient (Wildman–Crippen LogP) is 5.24. The summed E-state index contributed by atoms with van der Waals surface area (Å²) in [5.41, 5.74) is 6.60. The highest BCUT2D eigenvalue weighted by atomic mass is 19.1. The van der Waals surface area contributed by atoms with E-state index >= 15 is 0 Å². The average molecular weight is 468 g/mol. The molecule has 8 heteroatoms. The Morgan fingerprint density at radius 2 is 1.77 bits per heavy atom. The van der Waals surface area contributed by atoms with E-state index in [4.69, 9.17) is 5.41 Å². The summed E-state index contributed by atoms with van der Waals surface area (Å²) in [6.45, 7) is 5.83. The first-order valence-corrected chi connectivity index (χ1v) is 11.1. The van der Waals surface area contributed by atoms with Crippen LogP contribution in [0.1, 0.15) is 26.5 Å². The van der Waals surface area contributed by atoms with Crippen molar-refractivity contribution in [2.75, 3.05) is 0 Å². The van der Waals surface area contributed by atoms with Crippen LogP contribution in [0.4, 0.5) is 4.39 Å². The third-order valence-corrected chi connectivity index (χ3v) is 5.49. The molecule has 176 valence electrons. The van der Waals surface area contributed by atoms with Crippen LogP contribution in [0.15, 0.2) is 89.3 Å². The van der Waals surface area contributed by atoms with Crippen molar-refractivity contribution in [1.29, 1.82) is 5.41 Å². The van der Waals surface area contributed by atoms with Gasteiger partial charge in [-0.25, -0.2) is 9.07 Å². The molecule has 0 amide bonds. The van der Waals surface area contributed by atoms with Crippen LogP contribution in [0.2, 0.25) is 0 Å². The topological polar surface area (TPSA) is 84.7 Å². The Balaban J connectivity index is 1.65. The first-order chi connectivity index (χ1) is 16.8. The molecule has 0 bridgehead atoms.